The predicted molar refractivity (Wildman–Crippen MR) is 91.8 cm³/mol. The number of aryl methyl sites for hydroxylation is 2. The second-order valence-electron chi connectivity index (χ2n) is 6.19. The summed E-state index contributed by atoms with van der Waals surface area (Å²) >= 11 is 0. The Morgan fingerprint density at radius 3 is 2.38 bits per heavy atom. The highest BCUT2D eigenvalue weighted by Crippen LogP contribution is 2.13. The smallest absolute Gasteiger partial charge is 0.0596 e. The fourth-order valence-electron chi connectivity index (χ4n) is 2.99. The summed E-state index contributed by atoms with van der Waals surface area (Å²) in [6, 6.07) is 2.82. The van der Waals surface area contributed by atoms with Gasteiger partial charge in [-0.1, -0.05) is 51.9 Å². The molecule has 0 radical (unpaired) electrons. The SMILES string of the molecule is CCCCCCCCCC(Cc1cc(C)nn1CC)NC. The van der Waals surface area contributed by atoms with E-state index < -0.39 is 0 Å². The minimum absolute atomic E-state index is 0.585. The van der Waals surface area contributed by atoms with Crippen molar-refractivity contribution in [3.63, 3.8) is 0 Å². The molecule has 0 spiro atoms. The van der Waals surface area contributed by atoms with E-state index in [2.05, 4.69) is 49.0 Å². The number of aromatic nitrogens is 2. The first-order valence-electron chi connectivity index (χ1n) is 8.91. The third-order valence-electron chi connectivity index (χ3n) is 4.30. The summed E-state index contributed by atoms with van der Waals surface area (Å²) in [5.41, 5.74) is 2.51. The van der Waals surface area contributed by atoms with Gasteiger partial charge in [-0.15, -0.1) is 0 Å². The van der Waals surface area contributed by atoms with Gasteiger partial charge in [-0.3, -0.25) is 4.68 Å². The van der Waals surface area contributed by atoms with Crippen molar-refractivity contribution in [2.75, 3.05) is 7.05 Å². The first-order valence-corrected chi connectivity index (χ1v) is 8.91. The van der Waals surface area contributed by atoms with E-state index in [1.54, 1.807) is 0 Å². The lowest BCUT2D eigenvalue weighted by Crippen LogP contribution is -2.28. The van der Waals surface area contributed by atoms with Crippen molar-refractivity contribution < 1.29 is 0 Å². The van der Waals surface area contributed by atoms with Crippen molar-refractivity contribution in [2.24, 2.45) is 0 Å². The summed E-state index contributed by atoms with van der Waals surface area (Å²) in [7, 11) is 2.09. The van der Waals surface area contributed by atoms with Crippen molar-refractivity contribution in [3.8, 4) is 0 Å². The maximum atomic E-state index is 4.54. The molecule has 0 saturated carbocycles. The molecule has 1 rings (SSSR count). The molecule has 0 aromatic carbocycles. The first-order chi connectivity index (χ1) is 10.2. The van der Waals surface area contributed by atoms with Gasteiger partial charge in [0.2, 0.25) is 0 Å². The third kappa shape index (κ3) is 7.12. The van der Waals surface area contributed by atoms with Crippen LogP contribution in [0.1, 0.15) is 76.6 Å². The lowest BCUT2D eigenvalue weighted by atomic mass is 10.0. The number of likely N-dealkylation sites (N-methyl/N-ethyl adjacent to an activating group) is 1. The van der Waals surface area contributed by atoms with Crippen molar-refractivity contribution in [2.45, 2.75) is 91.1 Å². The van der Waals surface area contributed by atoms with E-state index in [4.69, 9.17) is 0 Å². The van der Waals surface area contributed by atoms with Gasteiger partial charge in [-0.2, -0.15) is 5.10 Å². The van der Waals surface area contributed by atoms with Gasteiger partial charge >= 0.3 is 0 Å². The molecule has 0 fully saturated rings. The van der Waals surface area contributed by atoms with E-state index >= 15 is 0 Å². The van der Waals surface area contributed by atoms with E-state index in [9.17, 15) is 0 Å². The lowest BCUT2D eigenvalue weighted by molar-refractivity contribution is 0.463. The first kappa shape index (κ1) is 18.2. The molecular formula is C18H35N3. The van der Waals surface area contributed by atoms with Crippen molar-refractivity contribution in [3.05, 3.63) is 17.5 Å². The van der Waals surface area contributed by atoms with Crippen LogP contribution in [-0.2, 0) is 13.0 Å². The van der Waals surface area contributed by atoms with Crippen LogP contribution in [0.2, 0.25) is 0 Å². The molecule has 0 aliphatic rings. The minimum atomic E-state index is 0.585. The molecule has 122 valence electrons. The van der Waals surface area contributed by atoms with Crippen molar-refractivity contribution >= 4 is 0 Å². The van der Waals surface area contributed by atoms with Gasteiger partial charge < -0.3 is 5.32 Å². The quantitative estimate of drug-likeness (QED) is 0.576. The molecule has 1 aromatic heterocycles. The van der Waals surface area contributed by atoms with Crippen LogP contribution in [0.4, 0.5) is 0 Å². The number of nitrogens with one attached hydrogen (secondary N) is 1. The summed E-state index contributed by atoms with van der Waals surface area (Å²) in [5.74, 6) is 0. The summed E-state index contributed by atoms with van der Waals surface area (Å²) in [6.45, 7) is 7.50. The largest absolute Gasteiger partial charge is 0.317 e. The lowest BCUT2D eigenvalue weighted by Gasteiger charge is -2.16. The number of hydrogen-bond donors (Lipinski definition) is 1. The Labute approximate surface area is 131 Å². The predicted octanol–water partition coefficient (Wildman–Crippen LogP) is 4.48. The second kappa shape index (κ2) is 10.8. The molecule has 1 heterocycles. The zero-order chi connectivity index (χ0) is 15.5. The van der Waals surface area contributed by atoms with Gasteiger partial charge in [-0.05, 0) is 33.4 Å². The average Bonchev–Trinajstić information content (AvgIpc) is 2.84. The normalized spacial score (nSPS) is 12.8. The van der Waals surface area contributed by atoms with Gasteiger partial charge in [-0.25, -0.2) is 0 Å². The third-order valence-corrected chi connectivity index (χ3v) is 4.30. The van der Waals surface area contributed by atoms with Crippen LogP contribution < -0.4 is 5.32 Å². The minimum Gasteiger partial charge on any atom is -0.317 e. The maximum absolute atomic E-state index is 4.54. The summed E-state index contributed by atoms with van der Waals surface area (Å²) in [4.78, 5) is 0. The van der Waals surface area contributed by atoms with Crippen LogP contribution in [0, 0.1) is 6.92 Å². The summed E-state index contributed by atoms with van der Waals surface area (Å²) < 4.78 is 2.14. The molecule has 0 saturated heterocycles. The molecule has 0 aliphatic carbocycles. The molecular weight excluding hydrogens is 258 g/mol. The van der Waals surface area contributed by atoms with E-state index in [1.807, 2.05) is 0 Å². The second-order valence-corrected chi connectivity index (χ2v) is 6.19. The standard InChI is InChI=1S/C18H35N3/c1-5-7-8-9-10-11-12-13-17(19-4)15-18-14-16(3)20-21(18)6-2/h14,17,19H,5-13,15H2,1-4H3. The Morgan fingerprint density at radius 1 is 1.10 bits per heavy atom. The maximum Gasteiger partial charge on any atom is 0.0596 e. The van der Waals surface area contributed by atoms with Crippen LogP contribution in [0.3, 0.4) is 0 Å². The van der Waals surface area contributed by atoms with Crippen LogP contribution >= 0.6 is 0 Å². The number of hydrogen-bond acceptors (Lipinski definition) is 2. The highest BCUT2D eigenvalue weighted by atomic mass is 15.3. The van der Waals surface area contributed by atoms with Gasteiger partial charge in [0.1, 0.15) is 0 Å². The Morgan fingerprint density at radius 2 is 1.76 bits per heavy atom. The van der Waals surface area contributed by atoms with Crippen LogP contribution in [-0.4, -0.2) is 22.9 Å². The van der Waals surface area contributed by atoms with Gasteiger partial charge in [0.05, 0.1) is 5.69 Å². The Bertz CT molecular complexity index is 371. The monoisotopic (exact) mass is 293 g/mol. The van der Waals surface area contributed by atoms with E-state index in [0.29, 0.717) is 6.04 Å². The zero-order valence-corrected chi connectivity index (χ0v) is 14.6. The Kier molecular flexibility index (Phi) is 9.40. The molecule has 1 N–H and O–H groups in total. The molecule has 1 unspecified atom stereocenters. The number of rotatable bonds is 12. The fourth-order valence-corrected chi connectivity index (χ4v) is 2.99. The summed E-state index contributed by atoms with van der Waals surface area (Å²) in [5, 5.41) is 8.02. The van der Waals surface area contributed by atoms with Crippen LogP contribution in [0.25, 0.3) is 0 Å². The topological polar surface area (TPSA) is 29.9 Å². The number of nitrogens with zero attached hydrogens (tertiary/aromatic N) is 2. The highest BCUT2D eigenvalue weighted by Gasteiger charge is 2.11. The molecule has 1 atom stereocenters. The van der Waals surface area contributed by atoms with Crippen LogP contribution in [0.5, 0.6) is 0 Å². The zero-order valence-electron chi connectivity index (χ0n) is 14.6. The molecule has 3 heteroatoms. The molecule has 3 nitrogen and oxygen atoms in total. The molecule has 21 heavy (non-hydrogen) atoms. The fraction of sp³-hybridized carbons (Fsp3) is 0.833. The van der Waals surface area contributed by atoms with Gasteiger partial charge in [0, 0.05) is 24.7 Å². The molecule has 0 bridgehead atoms. The Balaban J connectivity index is 2.25. The van der Waals surface area contributed by atoms with E-state index in [1.165, 1.54) is 57.1 Å². The van der Waals surface area contributed by atoms with Crippen molar-refractivity contribution in [1.82, 2.24) is 15.1 Å². The van der Waals surface area contributed by atoms with E-state index in [0.717, 1.165) is 18.7 Å². The van der Waals surface area contributed by atoms with Crippen molar-refractivity contribution in [1.29, 1.82) is 0 Å². The van der Waals surface area contributed by atoms with E-state index in [-0.39, 0.29) is 0 Å². The van der Waals surface area contributed by atoms with Gasteiger partial charge in [0.15, 0.2) is 0 Å². The van der Waals surface area contributed by atoms with Crippen LogP contribution in [0.15, 0.2) is 6.07 Å². The Hall–Kier alpha value is -0.830. The highest BCUT2D eigenvalue weighted by molar-refractivity contribution is 5.10. The average molecular weight is 293 g/mol. The molecule has 0 aliphatic heterocycles. The number of unbranched alkanes of at least 4 members (excludes halogenated alkanes) is 6. The molecule has 0 amide bonds. The van der Waals surface area contributed by atoms with Gasteiger partial charge in [0.25, 0.3) is 0 Å². The molecule has 1 aromatic rings. The summed E-state index contributed by atoms with van der Waals surface area (Å²) in [6.07, 6.45) is 12.1.